The van der Waals surface area contributed by atoms with Crippen LogP contribution in [-0.2, 0) is 0 Å². The first kappa shape index (κ1) is 13.4. The maximum Gasteiger partial charge on any atom is 0.276 e. The Labute approximate surface area is 118 Å². The van der Waals surface area contributed by atoms with Crippen LogP contribution in [0.4, 0.5) is 5.95 Å². The van der Waals surface area contributed by atoms with Crippen molar-refractivity contribution >= 4 is 29.6 Å². The lowest BCUT2D eigenvalue weighted by atomic mass is 10.0. The summed E-state index contributed by atoms with van der Waals surface area (Å²) in [6.07, 6.45) is -0.351. The molecule has 8 nitrogen and oxygen atoms in total. The molecule has 20 heavy (non-hydrogen) atoms. The third-order valence-electron chi connectivity index (χ3n) is 3.61. The summed E-state index contributed by atoms with van der Waals surface area (Å²) >= 11 is 4.13. The van der Waals surface area contributed by atoms with Crippen LogP contribution in [0.3, 0.4) is 0 Å². The summed E-state index contributed by atoms with van der Waals surface area (Å²) in [6, 6.07) is -0.868. The first-order valence-electron chi connectivity index (χ1n) is 6.12. The first-order chi connectivity index (χ1) is 9.52. The van der Waals surface area contributed by atoms with E-state index in [2.05, 4.69) is 32.9 Å². The number of aromatic amines is 2. The minimum absolute atomic E-state index is 0.00197. The molecular formula is C11H15N5O3S. The lowest BCUT2D eigenvalue weighted by molar-refractivity contribution is 0.0308. The van der Waals surface area contributed by atoms with Crippen molar-refractivity contribution in [3.05, 3.63) is 22.1 Å². The van der Waals surface area contributed by atoms with Crippen molar-refractivity contribution < 1.29 is 10.2 Å². The van der Waals surface area contributed by atoms with E-state index >= 15 is 0 Å². The van der Waals surface area contributed by atoms with Crippen LogP contribution >= 0.6 is 12.6 Å². The number of aliphatic hydroxyl groups is 2. The number of fused-ring (bicyclic) bond motifs is 1. The van der Waals surface area contributed by atoms with Gasteiger partial charge in [-0.2, -0.15) is 12.6 Å². The van der Waals surface area contributed by atoms with Crippen molar-refractivity contribution in [3.63, 3.8) is 0 Å². The van der Waals surface area contributed by atoms with Gasteiger partial charge < -0.3 is 26.2 Å². The van der Waals surface area contributed by atoms with Crippen LogP contribution < -0.4 is 16.6 Å². The SMILES string of the molecule is Nc1nc2c([C@@H]3N[C@H](CS)[C@@H](O)[C@H]3O)c[nH]c2c(=O)[nH]1. The number of hydrogen-bond acceptors (Lipinski definition) is 7. The minimum atomic E-state index is -1.01. The molecule has 0 spiro atoms. The number of hydrogen-bond donors (Lipinski definition) is 7. The van der Waals surface area contributed by atoms with Gasteiger partial charge in [0.05, 0.1) is 12.1 Å². The summed E-state index contributed by atoms with van der Waals surface area (Å²) in [5.41, 5.74) is 6.42. The van der Waals surface area contributed by atoms with Crippen LogP contribution in [0.15, 0.2) is 11.0 Å². The average Bonchev–Trinajstić information content (AvgIpc) is 2.93. The molecule has 0 saturated carbocycles. The van der Waals surface area contributed by atoms with Crippen molar-refractivity contribution in [2.75, 3.05) is 11.5 Å². The molecule has 0 bridgehead atoms. The van der Waals surface area contributed by atoms with Gasteiger partial charge >= 0.3 is 0 Å². The maximum atomic E-state index is 11.7. The van der Waals surface area contributed by atoms with Crippen LogP contribution in [0.2, 0.25) is 0 Å². The molecule has 3 rings (SSSR count). The van der Waals surface area contributed by atoms with Gasteiger partial charge in [-0.1, -0.05) is 0 Å². The lowest BCUT2D eigenvalue weighted by Gasteiger charge is -2.14. The number of anilines is 1. The summed E-state index contributed by atoms with van der Waals surface area (Å²) in [5, 5.41) is 23.1. The smallest absolute Gasteiger partial charge is 0.276 e. The Morgan fingerprint density at radius 2 is 2.15 bits per heavy atom. The Balaban J connectivity index is 2.09. The van der Waals surface area contributed by atoms with Crippen molar-refractivity contribution in [2.45, 2.75) is 24.3 Å². The molecule has 0 aliphatic carbocycles. The van der Waals surface area contributed by atoms with E-state index in [-0.39, 0.29) is 23.1 Å². The van der Waals surface area contributed by atoms with Crippen LogP contribution in [-0.4, -0.2) is 49.2 Å². The monoisotopic (exact) mass is 297 g/mol. The van der Waals surface area contributed by atoms with Crippen molar-refractivity contribution in [2.24, 2.45) is 0 Å². The van der Waals surface area contributed by atoms with Crippen LogP contribution in [0.1, 0.15) is 11.6 Å². The van der Waals surface area contributed by atoms with Crippen molar-refractivity contribution in [3.8, 4) is 0 Å². The summed E-state index contributed by atoms with van der Waals surface area (Å²) in [5.74, 6) is 0.384. The number of nitrogen functional groups attached to an aromatic ring is 1. The third-order valence-corrected chi connectivity index (χ3v) is 4.01. The molecular weight excluding hydrogens is 282 g/mol. The molecule has 108 valence electrons. The van der Waals surface area contributed by atoms with Gasteiger partial charge in [0.1, 0.15) is 17.1 Å². The van der Waals surface area contributed by atoms with Gasteiger partial charge in [-0.05, 0) is 0 Å². The van der Waals surface area contributed by atoms with E-state index in [1.807, 2.05) is 0 Å². The zero-order valence-corrected chi connectivity index (χ0v) is 11.3. The molecule has 7 N–H and O–H groups in total. The average molecular weight is 297 g/mol. The fraction of sp³-hybridized carbons (Fsp3) is 0.455. The molecule has 1 fully saturated rings. The number of H-pyrrole nitrogens is 2. The highest BCUT2D eigenvalue weighted by Gasteiger charge is 2.42. The Bertz CT molecular complexity index is 699. The molecule has 2 aromatic rings. The highest BCUT2D eigenvalue weighted by atomic mass is 32.1. The van der Waals surface area contributed by atoms with E-state index in [0.29, 0.717) is 16.8 Å². The maximum absolute atomic E-state index is 11.7. The number of rotatable bonds is 2. The van der Waals surface area contributed by atoms with Gasteiger partial charge in [0.25, 0.3) is 5.56 Å². The first-order valence-corrected chi connectivity index (χ1v) is 6.76. The quantitative estimate of drug-likeness (QED) is 0.336. The molecule has 4 atom stereocenters. The number of aromatic nitrogens is 3. The highest BCUT2D eigenvalue weighted by molar-refractivity contribution is 7.80. The molecule has 0 unspecified atom stereocenters. The standard InChI is InChI=1S/C11H15N5O3S/c12-11-15-5-3(1-13-7(5)10(19)16-11)6-9(18)8(17)4(2-20)14-6/h1,4,6,8-9,13-14,17-18,20H,2H2,(H3,12,15,16,19)/t4-,6+,8-,9+/m1/s1. The lowest BCUT2D eigenvalue weighted by Crippen LogP contribution is -2.34. The number of nitrogens with one attached hydrogen (secondary N) is 3. The molecule has 1 aliphatic heterocycles. The predicted molar refractivity (Wildman–Crippen MR) is 76.7 cm³/mol. The molecule has 3 heterocycles. The molecule has 9 heteroatoms. The largest absolute Gasteiger partial charge is 0.389 e. The summed E-state index contributed by atoms with van der Waals surface area (Å²) < 4.78 is 0. The number of nitrogens with zero attached hydrogens (tertiary/aromatic N) is 1. The normalized spacial score (nSPS) is 30.1. The molecule has 1 saturated heterocycles. The van der Waals surface area contributed by atoms with E-state index in [1.54, 1.807) is 6.20 Å². The summed E-state index contributed by atoms with van der Waals surface area (Å²) in [7, 11) is 0. The van der Waals surface area contributed by atoms with E-state index < -0.39 is 18.2 Å². The van der Waals surface area contributed by atoms with Gasteiger partial charge in [-0.3, -0.25) is 9.78 Å². The van der Waals surface area contributed by atoms with Gasteiger partial charge in [0.15, 0.2) is 0 Å². The zero-order chi connectivity index (χ0) is 14.4. The Morgan fingerprint density at radius 3 is 2.80 bits per heavy atom. The van der Waals surface area contributed by atoms with Crippen LogP contribution in [0.25, 0.3) is 11.0 Å². The Morgan fingerprint density at radius 1 is 1.40 bits per heavy atom. The van der Waals surface area contributed by atoms with E-state index in [4.69, 9.17) is 5.73 Å². The zero-order valence-electron chi connectivity index (χ0n) is 10.4. The van der Waals surface area contributed by atoms with Gasteiger partial charge in [-0.15, -0.1) is 0 Å². The summed E-state index contributed by atoms with van der Waals surface area (Å²) in [4.78, 5) is 21.0. The van der Waals surface area contributed by atoms with Gasteiger partial charge in [0.2, 0.25) is 5.95 Å². The fourth-order valence-corrected chi connectivity index (χ4v) is 2.91. The highest BCUT2D eigenvalue weighted by Crippen LogP contribution is 2.31. The molecule has 0 amide bonds. The van der Waals surface area contributed by atoms with E-state index in [9.17, 15) is 15.0 Å². The van der Waals surface area contributed by atoms with Gasteiger partial charge in [0, 0.05) is 23.6 Å². The molecule has 2 aromatic heterocycles. The van der Waals surface area contributed by atoms with Crippen LogP contribution in [0.5, 0.6) is 0 Å². The fourth-order valence-electron chi connectivity index (χ4n) is 2.59. The second-order valence-corrected chi connectivity index (χ2v) is 5.20. The molecule has 0 radical (unpaired) electrons. The van der Waals surface area contributed by atoms with Crippen molar-refractivity contribution in [1.29, 1.82) is 0 Å². The topological polar surface area (TPSA) is 140 Å². The second-order valence-electron chi connectivity index (χ2n) is 4.83. The third kappa shape index (κ3) is 1.90. The Hall–Kier alpha value is -1.55. The number of thiol groups is 1. The number of nitrogens with two attached hydrogens (primary N) is 1. The molecule has 1 aliphatic rings. The van der Waals surface area contributed by atoms with Crippen LogP contribution in [0, 0.1) is 0 Å². The van der Waals surface area contributed by atoms with E-state index in [1.165, 1.54) is 0 Å². The predicted octanol–water partition coefficient (Wildman–Crippen LogP) is -1.50. The summed E-state index contributed by atoms with van der Waals surface area (Å²) in [6.45, 7) is 0. The number of aliphatic hydroxyl groups excluding tert-OH is 2. The second kappa shape index (κ2) is 4.77. The Kier molecular flexibility index (Phi) is 3.21. The molecule has 0 aromatic carbocycles. The van der Waals surface area contributed by atoms with Gasteiger partial charge in [-0.25, -0.2) is 4.98 Å². The van der Waals surface area contributed by atoms with E-state index in [0.717, 1.165) is 0 Å². The minimum Gasteiger partial charge on any atom is -0.389 e. The van der Waals surface area contributed by atoms with Crippen molar-refractivity contribution in [1.82, 2.24) is 20.3 Å².